The highest BCUT2D eigenvalue weighted by atomic mass is 32.2. The molecule has 0 unspecified atom stereocenters. The zero-order valence-corrected chi connectivity index (χ0v) is 16.0. The first-order valence-electron chi connectivity index (χ1n) is 8.80. The van der Waals surface area contributed by atoms with E-state index < -0.39 is 15.8 Å². The van der Waals surface area contributed by atoms with E-state index in [2.05, 4.69) is 15.3 Å². The lowest BCUT2D eigenvalue weighted by atomic mass is 10.3. The molecule has 10 heteroatoms. The SMILES string of the molecule is Cc1ccn(-c2ccc(N3CCN(S(=O)(=O)c4cccc(F)c4)CC3)nn2)n1. The molecule has 1 aliphatic heterocycles. The van der Waals surface area contributed by atoms with E-state index in [1.807, 2.05) is 36.2 Å². The number of hydrogen-bond donors (Lipinski definition) is 0. The monoisotopic (exact) mass is 402 g/mol. The number of piperazine rings is 1. The van der Waals surface area contributed by atoms with E-state index in [0.717, 1.165) is 11.8 Å². The Morgan fingerprint density at radius 2 is 1.68 bits per heavy atom. The van der Waals surface area contributed by atoms with Gasteiger partial charge in [-0.15, -0.1) is 10.2 Å². The molecule has 0 atom stereocenters. The Balaban J connectivity index is 1.44. The molecule has 4 rings (SSSR count). The van der Waals surface area contributed by atoms with Crippen LogP contribution in [0.4, 0.5) is 10.2 Å². The smallest absolute Gasteiger partial charge is 0.243 e. The zero-order chi connectivity index (χ0) is 19.7. The van der Waals surface area contributed by atoms with Crippen molar-refractivity contribution in [1.82, 2.24) is 24.3 Å². The van der Waals surface area contributed by atoms with Crippen LogP contribution < -0.4 is 4.90 Å². The summed E-state index contributed by atoms with van der Waals surface area (Å²) >= 11 is 0. The number of rotatable bonds is 4. The maximum atomic E-state index is 13.4. The fraction of sp³-hybridized carbons (Fsp3) is 0.278. The molecule has 0 bridgehead atoms. The van der Waals surface area contributed by atoms with Gasteiger partial charge >= 0.3 is 0 Å². The zero-order valence-electron chi connectivity index (χ0n) is 15.2. The van der Waals surface area contributed by atoms with Gasteiger partial charge in [-0.05, 0) is 43.3 Å². The van der Waals surface area contributed by atoms with E-state index in [0.29, 0.717) is 37.8 Å². The molecule has 3 heterocycles. The summed E-state index contributed by atoms with van der Waals surface area (Å²) in [5, 5.41) is 12.7. The summed E-state index contributed by atoms with van der Waals surface area (Å²) in [5.74, 6) is 0.724. The van der Waals surface area contributed by atoms with Gasteiger partial charge in [0.1, 0.15) is 5.82 Å². The molecular weight excluding hydrogens is 383 g/mol. The van der Waals surface area contributed by atoms with Crippen molar-refractivity contribution >= 4 is 15.8 Å². The van der Waals surface area contributed by atoms with Gasteiger partial charge in [0.2, 0.25) is 10.0 Å². The van der Waals surface area contributed by atoms with Crippen LogP contribution in [0.5, 0.6) is 0 Å². The molecule has 1 saturated heterocycles. The second-order valence-electron chi connectivity index (χ2n) is 6.50. The first-order valence-corrected chi connectivity index (χ1v) is 10.2. The van der Waals surface area contributed by atoms with Gasteiger partial charge in [0, 0.05) is 32.4 Å². The van der Waals surface area contributed by atoms with E-state index in [1.165, 1.54) is 22.5 Å². The Labute approximate surface area is 162 Å². The van der Waals surface area contributed by atoms with Crippen LogP contribution in [0.2, 0.25) is 0 Å². The number of anilines is 1. The van der Waals surface area contributed by atoms with Crippen LogP contribution in [-0.4, -0.2) is 58.9 Å². The lowest BCUT2D eigenvalue weighted by Gasteiger charge is -2.34. The number of nitrogens with zero attached hydrogens (tertiary/aromatic N) is 6. The summed E-state index contributed by atoms with van der Waals surface area (Å²) in [4.78, 5) is 1.95. The second-order valence-corrected chi connectivity index (χ2v) is 8.44. The van der Waals surface area contributed by atoms with Gasteiger partial charge in [-0.25, -0.2) is 17.5 Å². The number of halogens is 1. The summed E-state index contributed by atoms with van der Waals surface area (Å²) in [6.07, 6.45) is 1.81. The topological polar surface area (TPSA) is 84.2 Å². The van der Waals surface area contributed by atoms with Crippen molar-refractivity contribution < 1.29 is 12.8 Å². The lowest BCUT2D eigenvalue weighted by Crippen LogP contribution is -2.49. The predicted molar refractivity (Wildman–Crippen MR) is 101 cm³/mol. The average Bonchev–Trinajstić information content (AvgIpc) is 3.15. The minimum atomic E-state index is -3.71. The number of aryl methyl sites for hydroxylation is 1. The van der Waals surface area contributed by atoms with Crippen LogP contribution in [0.3, 0.4) is 0 Å². The highest BCUT2D eigenvalue weighted by molar-refractivity contribution is 7.89. The Morgan fingerprint density at radius 3 is 2.29 bits per heavy atom. The molecular formula is C18H19FN6O2S. The van der Waals surface area contributed by atoms with Crippen LogP contribution in [0, 0.1) is 12.7 Å². The van der Waals surface area contributed by atoms with Crippen LogP contribution in [-0.2, 0) is 10.0 Å². The maximum Gasteiger partial charge on any atom is 0.243 e. The van der Waals surface area contributed by atoms with Crippen molar-refractivity contribution in [1.29, 1.82) is 0 Å². The molecule has 1 aliphatic rings. The molecule has 0 amide bonds. The first-order chi connectivity index (χ1) is 13.4. The molecule has 2 aromatic heterocycles. The fourth-order valence-corrected chi connectivity index (χ4v) is 4.54. The normalized spacial score (nSPS) is 15.7. The quantitative estimate of drug-likeness (QED) is 0.659. The van der Waals surface area contributed by atoms with E-state index >= 15 is 0 Å². The number of benzene rings is 1. The Morgan fingerprint density at radius 1 is 0.964 bits per heavy atom. The summed E-state index contributed by atoms with van der Waals surface area (Å²) < 4.78 is 41.8. The number of sulfonamides is 1. The molecule has 146 valence electrons. The van der Waals surface area contributed by atoms with Crippen LogP contribution in [0.15, 0.2) is 53.6 Å². The summed E-state index contributed by atoms with van der Waals surface area (Å²) in [7, 11) is -3.71. The van der Waals surface area contributed by atoms with Gasteiger partial charge in [-0.1, -0.05) is 6.07 Å². The highest BCUT2D eigenvalue weighted by Crippen LogP contribution is 2.20. The number of hydrogen-bond acceptors (Lipinski definition) is 6. The maximum absolute atomic E-state index is 13.4. The summed E-state index contributed by atoms with van der Waals surface area (Å²) in [6.45, 7) is 3.43. The van der Waals surface area contributed by atoms with E-state index in [-0.39, 0.29) is 4.90 Å². The van der Waals surface area contributed by atoms with Crippen LogP contribution in [0.25, 0.3) is 5.82 Å². The first kappa shape index (κ1) is 18.5. The van der Waals surface area contributed by atoms with Crippen molar-refractivity contribution in [3.05, 3.63) is 60.2 Å². The molecule has 1 aromatic carbocycles. The minimum Gasteiger partial charge on any atom is -0.352 e. The van der Waals surface area contributed by atoms with Crippen molar-refractivity contribution in [3.8, 4) is 5.82 Å². The van der Waals surface area contributed by atoms with Gasteiger partial charge in [0.25, 0.3) is 0 Å². The van der Waals surface area contributed by atoms with Crippen LogP contribution >= 0.6 is 0 Å². The van der Waals surface area contributed by atoms with Crippen LogP contribution in [0.1, 0.15) is 5.69 Å². The molecule has 28 heavy (non-hydrogen) atoms. The molecule has 0 saturated carbocycles. The standard InChI is InChI=1S/C18H19FN6O2S/c1-14-7-8-25(22-14)18-6-5-17(20-21-18)23-9-11-24(12-10-23)28(26,27)16-4-2-3-15(19)13-16/h2-8,13H,9-12H2,1H3. The highest BCUT2D eigenvalue weighted by Gasteiger charge is 2.29. The second kappa shape index (κ2) is 7.28. The molecule has 0 radical (unpaired) electrons. The lowest BCUT2D eigenvalue weighted by molar-refractivity contribution is 0.383. The van der Waals surface area contributed by atoms with Gasteiger partial charge in [0.05, 0.1) is 10.6 Å². The predicted octanol–water partition coefficient (Wildman–Crippen LogP) is 1.62. The summed E-state index contributed by atoms with van der Waals surface area (Å²) in [6, 6.07) is 10.6. The Hall–Kier alpha value is -2.85. The van der Waals surface area contributed by atoms with E-state index in [4.69, 9.17) is 0 Å². The average molecular weight is 402 g/mol. The van der Waals surface area contributed by atoms with Gasteiger partial charge in [-0.2, -0.15) is 9.40 Å². The Kier molecular flexibility index (Phi) is 4.82. The molecule has 3 aromatic rings. The van der Waals surface area contributed by atoms with Crippen molar-refractivity contribution in [2.24, 2.45) is 0 Å². The molecule has 0 spiro atoms. The summed E-state index contributed by atoms with van der Waals surface area (Å²) in [5.41, 5.74) is 0.890. The Bertz CT molecular complexity index is 1080. The largest absolute Gasteiger partial charge is 0.352 e. The van der Waals surface area contributed by atoms with E-state index in [1.54, 1.807) is 4.68 Å². The van der Waals surface area contributed by atoms with Crippen molar-refractivity contribution in [2.75, 3.05) is 31.1 Å². The fourth-order valence-electron chi connectivity index (χ4n) is 3.09. The molecule has 0 aliphatic carbocycles. The third-order valence-electron chi connectivity index (χ3n) is 4.59. The third kappa shape index (κ3) is 3.60. The molecule has 1 fully saturated rings. The number of aromatic nitrogens is 4. The van der Waals surface area contributed by atoms with Crippen molar-refractivity contribution in [3.63, 3.8) is 0 Å². The van der Waals surface area contributed by atoms with Gasteiger partial charge < -0.3 is 4.90 Å². The molecule has 0 N–H and O–H groups in total. The van der Waals surface area contributed by atoms with E-state index in [9.17, 15) is 12.8 Å². The van der Waals surface area contributed by atoms with Crippen molar-refractivity contribution in [2.45, 2.75) is 11.8 Å². The van der Waals surface area contributed by atoms with Gasteiger partial charge in [-0.3, -0.25) is 0 Å². The van der Waals surface area contributed by atoms with Gasteiger partial charge in [0.15, 0.2) is 11.6 Å². The minimum absolute atomic E-state index is 0.0281. The third-order valence-corrected chi connectivity index (χ3v) is 6.48. The molecule has 8 nitrogen and oxygen atoms in total.